The van der Waals surface area contributed by atoms with E-state index in [9.17, 15) is 4.79 Å². The molecule has 0 unspecified atom stereocenters. The van der Waals surface area contributed by atoms with Gasteiger partial charge < -0.3 is 16.6 Å². The number of rotatable bonds is 1. The van der Waals surface area contributed by atoms with E-state index in [1.54, 1.807) is 12.1 Å². The monoisotopic (exact) mass is 230 g/mol. The number of halogens is 1. The van der Waals surface area contributed by atoms with E-state index < -0.39 is 5.97 Å². The van der Waals surface area contributed by atoms with E-state index in [0.717, 1.165) is 0 Å². The first-order chi connectivity index (χ1) is 5.54. The number of nitrogens with two attached hydrogens (primary N) is 2. The lowest BCUT2D eigenvalue weighted by Gasteiger charge is -2.05. The second kappa shape index (κ2) is 3.02. The van der Waals surface area contributed by atoms with Gasteiger partial charge in [0, 0.05) is 4.47 Å². The van der Waals surface area contributed by atoms with Gasteiger partial charge in [-0.1, -0.05) is 0 Å². The highest BCUT2D eigenvalue weighted by Gasteiger charge is 2.13. The summed E-state index contributed by atoms with van der Waals surface area (Å²) in [5.74, 6) is -1.09. The molecular formula is C7H7BrN2O2. The number of aromatic carboxylic acids is 1. The maximum absolute atomic E-state index is 10.6. The first-order valence-electron chi connectivity index (χ1n) is 3.10. The average molecular weight is 231 g/mol. The number of anilines is 2. The molecule has 0 saturated carbocycles. The zero-order valence-corrected chi connectivity index (χ0v) is 7.63. The van der Waals surface area contributed by atoms with Gasteiger partial charge in [0.15, 0.2) is 0 Å². The van der Waals surface area contributed by atoms with E-state index in [0.29, 0.717) is 4.47 Å². The van der Waals surface area contributed by atoms with Gasteiger partial charge in [-0.15, -0.1) is 0 Å². The topological polar surface area (TPSA) is 89.3 Å². The van der Waals surface area contributed by atoms with Gasteiger partial charge in [0.1, 0.15) is 0 Å². The number of benzene rings is 1. The molecule has 0 saturated heterocycles. The molecule has 0 heterocycles. The molecule has 64 valence electrons. The minimum absolute atomic E-state index is 0.00926. The Morgan fingerprint density at radius 3 is 2.42 bits per heavy atom. The van der Waals surface area contributed by atoms with Crippen molar-refractivity contribution in [1.82, 2.24) is 0 Å². The Labute approximate surface area is 77.3 Å². The molecule has 5 N–H and O–H groups in total. The predicted octanol–water partition coefficient (Wildman–Crippen LogP) is 1.31. The number of carbonyl (C=O) groups is 1. The number of carboxylic acid groups (broad SMARTS) is 1. The van der Waals surface area contributed by atoms with Crippen LogP contribution in [0.2, 0.25) is 0 Å². The Hall–Kier alpha value is -1.23. The molecule has 0 bridgehead atoms. The smallest absolute Gasteiger partial charge is 0.339 e. The molecule has 0 aliphatic heterocycles. The summed E-state index contributed by atoms with van der Waals surface area (Å²) in [4.78, 5) is 10.6. The summed E-state index contributed by atoms with van der Waals surface area (Å²) in [6.07, 6.45) is 0. The molecule has 0 aliphatic carbocycles. The van der Waals surface area contributed by atoms with E-state index in [1.165, 1.54) is 0 Å². The van der Waals surface area contributed by atoms with Gasteiger partial charge in [-0.05, 0) is 28.1 Å². The second-order valence-corrected chi connectivity index (χ2v) is 3.08. The highest BCUT2D eigenvalue weighted by atomic mass is 79.9. The predicted molar refractivity (Wildman–Crippen MR) is 49.9 cm³/mol. The van der Waals surface area contributed by atoms with Gasteiger partial charge in [0.25, 0.3) is 0 Å². The average Bonchev–Trinajstić information content (AvgIpc) is 1.97. The standard InChI is InChI=1S/C7H7BrN2O2/c8-3-1-2-4(9)6(10)5(3)7(11)12/h1-2H,9-10H2,(H,11,12). The first kappa shape index (κ1) is 8.86. The van der Waals surface area contributed by atoms with Crippen LogP contribution >= 0.6 is 15.9 Å². The number of hydrogen-bond acceptors (Lipinski definition) is 3. The number of carboxylic acids is 1. The molecule has 1 aromatic carbocycles. The van der Waals surface area contributed by atoms with Crippen LogP contribution in [0, 0.1) is 0 Å². The molecule has 0 aromatic heterocycles. The zero-order chi connectivity index (χ0) is 9.30. The van der Waals surface area contributed by atoms with Gasteiger partial charge in [0.2, 0.25) is 0 Å². The normalized spacial score (nSPS) is 9.75. The number of nitrogen functional groups attached to an aromatic ring is 2. The van der Waals surface area contributed by atoms with Crippen molar-refractivity contribution in [2.45, 2.75) is 0 Å². The van der Waals surface area contributed by atoms with E-state index in [2.05, 4.69) is 15.9 Å². The van der Waals surface area contributed by atoms with Crippen molar-refractivity contribution >= 4 is 33.3 Å². The minimum Gasteiger partial charge on any atom is -0.478 e. The Morgan fingerprint density at radius 2 is 2.00 bits per heavy atom. The lowest BCUT2D eigenvalue weighted by atomic mass is 10.1. The van der Waals surface area contributed by atoms with Gasteiger partial charge >= 0.3 is 5.97 Å². The van der Waals surface area contributed by atoms with Crippen molar-refractivity contribution in [1.29, 1.82) is 0 Å². The fraction of sp³-hybridized carbons (Fsp3) is 0. The van der Waals surface area contributed by atoms with Gasteiger partial charge in [-0.2, -0.15) is 0 Å². The third-order valence-corrected chi connectivity index (χ3v) is 2.10. The molecule has 0 spiro atoms. The molecule has 4 nitrogen and oxygen atoms in total. The fourth-order valence-corrected chi connectivity index (χ4v) is 1.34. The van der Waals surface area contributed by atoms with Crippen molar-refractivity contribution in [3.8, 4) is 0 Å². The van der Waals surface area contributed by atoms with Crippen molar-refractivity contribution in [2.24, 2.45) is 0 Å². The van der Waals surface area contributed by atoms with Crippen LogP contribution in [-0.2, 0) is 0 Å². The molecule has 0 amide bonds. The van der Waals surface area contributed by atoms with Crippen LogP contribution in [0.4, 0.5) is 11.4 Å². The van der Waals surface area contributed by atoms with Crippen molar-refractivity contribution in [2.75, 3.05) is 11.5 Å². The summed E-state index contributed by atoms with van der Waals surface area (Å²) in [5.41, 5.74) is 11.2. The molecule has 0 aliphatic rings. The van der Waals surface area contributed by atoms with Crippen LogP contribution in [0.15, 0.2) is 16.6 Å². The summed E-state index contributed by atoms with van der Waals surface area (Å²) in [7, 11) is 0. The lowest BCUT2D eigenvalue weighted by Crippen LogP contribution is -2.06. The van der Waals surface area contributed by atoms with Crippen molar-refractivity contribution < 1.29 is 9.90 Å². The van der Waals surface area contributed by atoms with Crippen LogP contribution in [-0.4, -0.2) is 11.1 Å². The first-order valence-corrected chi connectivity index (χ1v) is 3.90. The third kappa shape index (κ3) is 1.35. The SMILES string of the molecule is Nc1ccc(Br)c(C(=O)O)c1N. The summed E-state index contributed by atoms with van der Waals surface area (Å²) < 4.78 is 0.432. The summed E-state index contributed by atoms with van der Waals surface area (Å²) in [6, 6.07) is 3.10. The third-order valence-electron chi connectivity index (χ3n) is 1.44. The van der Waals surface area contributed by atoms with Crippen LogP contribution in [0.25, 0.3) is 0 Å². The highest BCUT2D eigenvalue weighted by Crippen LogP contribution is 2.27. The Bertz CT molecular complexity index is 338. The maximum atomic E-state index is 10.6. The molecular weight excluding hydrogens is 224 g/mol. The van der Waals surface area contributed by atoms with Crippen molar-refractivity contribution in [3.05, 3.63) is 22.2 Å². The Kier molecular flexibility index (Phi) is 2.23. The zero-order valence-electron chi connectivity index (χ0n) is 6.04. The molecule has 0 atom stereocenters. The molecule has 5 heteroatoms. The largest absolute Gasteiger partial charge is 0.478 e. The van der Waals surface area contributed by atoms with E-state index in [-0.39, 0.29) is 16.9 Å². The van der Waals surface area contributed by atoms with Crippen molar-refractivity contribution in [3.63, 3.8) is 0 Å². The Balaban J connectivity index is 3.43. The van der Waals surface area contributed by atoms with Gasteiger partial charge in [0.05, 0.1) is 16.9 Å². The molecule has 12 heavy (non-hydrogen) atoms. The van der Waals surface area contributed by atoms with E-state index >= 15 is 0 Å². The maximum Gasteiger partial charge on any atom is 0.339 e. The quantitative estimate of drug-likeness (QED) is 0.635. The van der Waals surface area contributed by atoms with Crippen LogP contribution in [0.5, 0.6) is 0 Å². The molecule has 0 fully saturated rings. The van der Waals surface area contributed by atoms with E-state index in [1.807, 2.05) is 0 Å². The summed E-state index contributed by atoms with van der Waals surface area (Å²) >= 11 is 3.07. The second-order valence-electron chi connectivity index (χ2n) is 2.23. The lowest BCUT2D eigenvalue weighted by molar-refractivity contribution is 0.0697. The van der Waals surface area contributed by atoms with Gasteiger partial charge in [-0.25, -0.2) is 4.79 Å². The summed E-state index contributed by atoms with van der Waals surface area (Å²) in [5, 5.41) is 8.71. The number of hydrogen-bond donors (Lipinski definition) is 3. The van der Waals surface area contributed by atoms with Crippen LogP contribution < -0.4 is 11.5 Å². The van der Waals surface area contributed by atoms with Crippen LogP contribution in [0.1, 0.15) is 10.4 Å². The van der Waals surface area contributed by atoms with Gasteiger partial charge in [-0.3, -0.25) is 0 Å². The molecule has 1 aromatic rings. The molecule has 0 radical (unpaired) electrons. The highest BCUT2D eigenvalue weighted by molar-refractivity contribution is 9.10. The Morgan fingerprint density at radius 1 is 1.42 bits per heavy atom. The summed E-state index contributed by atoms with van der Waals surface area (Å²) in [6.45, 7) is 0. The van der Waals surface area contributed by atoms with E-state index in [4.69, 9.17) is 16.6 Å². The molecule has 1 rings (SSSR count). The minimum atomic E-state index is -1.09. The fourth-order valence-electron chi connectivity index (χ4n) is 0.826. The van der Waals surface area contributed by atoms with Crippen LogP contribution in [0.3, 0.4) is 0 Å².